The first-order valence-electron chi connectivity index (χ1n) is 2.68. The summed E-state index contributed by atoms with van der Waals surface area (Å²) in [6, 6.07) is 0. The molecule has 0 aliphatic heterocycles. The zero-order valence-electron chi connectivity index (χ0n) is 5.36. The standard InChI is InChI=1S/C5H14AsN/c1-4-5-7-6(2)3/h7H,4-5H2,1-3H3. The quantitative estimate of drug-likeness (QED) is 0.617. The van der Waals surface area contributed by atoms with Gasteiger partial charge in [0.05, 0.1) is 0 Å². The molecule has 7 heavy (non-hydrogen) atoms. The predicted octanol–water partition coefficient (Wildman–Crippen LogP) is 1.24. The van der Waals surface area contributed by atoms with Crippen molar-refractivity contribution < 1.29 is 0 Å². The average Bonchev–Trinajstić information content (AvgIpc) is 1.61. The van der Waals surface area contributed by atoms with E-state index in [4.69, 9.17) is 0 Å². The van der Waals surface area contributed by atoms with E-state index in [-0.39, 0.29) is 0 Å². The first-order chi connectivity index (χ1) is 3.27. The summed E-state index contributed by atoms with van der Waals surface area (Å²) >= 11 is -0.493. The van der Waals surface area contributed by atoms with Crippen LogP contribution >= 0.6 is 0 Å². The second-order valence-electron chi connectivity index (χ2n) is 1.80. The Balaban J connectivity index is 2.68. The van der Waals surface area contributed by atoms with Gasteiger partial charge in [-0.3, -0.25) is 0 Å². The summed E-state index contributed by atoms with van der Waals surface area (Å²) < 4.78 is 3.44. The van der Waals surface area contributed by atoms with E-state index in [0.29, 0.717) is 0 Å². The number of nitrogens with one attached hydrogen (secondary N) is 1. The van der Waals surface area contributed by atoms with Gasteiger partial charge in [-0.1, -0.05) is 0 Å². The van der Waals surface area contributed by atoms with Gasteiger partial charge in [0.2, 0.25) is 0 Å². The van der Waals surface area contributed by atoms with Crippen molar-refractivity contribution in [3.05, 3.63) is 0 Å². The Morgan fingerprint density at radius 3 is 2.14 bits per heavy atom. The van der Waals surface area contributed by atoms with Crippen molar-refractivity contribution in [3.8, 4) is 0 Å². The molecular formula is C5H14AsN. The summed E-state index contributed by atoms with van der Waals surface area (Å²) in [5.74, 6) is 0. The fourth-order valence-corrected chi connectivity index (χ4v) is 1.74. The topological polar surface area (TPSA) is 12.0 Å². The van der Waals surface area contributed by atoms with Gasteiger partial charge in [-0.05, 0) is 0 Å². The van der Waals surface area contributed by atoms with Crippen LogP contribution in [0.2, 0.25) is 11.4 Å². The second-order valence-corrected chi connectivity index (χ2v) is 6.22. The van der Waals surface area contributed by atoms with E-state index in [2.05, 4.69) is 22.6 Å². The SMILES string of the molecule is CCCN[As](C)C. The monoisotopic (exact) mass is 163 g/mol. The molecule has 1 N–H and O–H groups in total. The summed E-state index contributed by atoms with van der Waals surface area (Å²) in [7, 11) is 0. The van der Waals surface area contributed by atoms with E-state index in [0.717, 1.165) is 0 Å². The fraction of sp³-hybridized carbons (Fsp3) is 1.00. The molecule has 0 aliphatic rings. The van der Waals surface area contributed by atoms with Gasteiger partial charge >= 0.3 is 50.4 Å². The molecule has 0 radical (unpaired) electrons. The van der Waals surface area contributed by atoms with Crippen LogP contribution < -0.4 is 4.23 Å². The van der Waals surface area contributed by atoms with Crippen LogP contribution in [0.1, 0.15) is 13.3 Å². The van der Waals surface area contributed by atoms with E-state index in [1.807, 2.05) is 0 Å². The third kappa shape index (κ3) is 6.52. The molecule has 0 rings (SSSR count). The molecule has 0 bridgehead atoms. The molecule has 0 atom stereocenters. The average molecular weight is 163 g/mol. The van der Waals surface area contributed by atoms with Crippen LogP contribution in [-0.4, -0.2) is 21.4 Å². The molecule has 2 heteroatoms. The molecule has 0 saturated carbocycles. The summed E-state index contributed by atoms with van der Waals surface area (Å²) in [5, 5.41) is 0. The molecule has 0 saturated heterocycles. The Bertz CT molecular complexity index is 37.1. The normalized spacial score (nSPS) is 10.3. The first kappa shape index (κ1) is 7.52. The molecule has 0 unspecified atom stereocenters. The number of hydrogen-bond donors (Lipinski definition) is 1. The Kier molecular flexibility index (Phi) is 5.02. The predicted molar refractivity (Wildman–Crippen MR) is 35.8 cm³/mol. The van der Waals surface area contributed by atoms with Crippen LogP contribution in [0.15, 0.2) is 0 Å². The summed E-state index contributed by atoms with van der Waals surface area (Å²) in [5.41, 5.74) is 4.62. The van der Waals surface area contributed by atoms with Gasteiger partial charge in [-0.25, -0.2) is 0 Å². The van der Waals surface area contributed by atoms with Crippen molar-refractivity contribution >= 4 is 14.9 Å². The van der Waals surface area contributed by atoms with E-state index in [1.54, 1.807) is 0 Å². The van der Waals surface area contributed by atoms with Crippen molar-refractivity contribution in [1.29, 1.82) is 0 Å². The molecule has 0 aromatic rings. The van der Waals surface area contributed by atoms with Gasteiger partial charge in [0.1, 0.15) is 0 Å². The van der Waals surface area contributed by atoms with Crippen molar-refractivity contribution in [3.63, 3.8) is 0 Å². The van der Waals surface area contributed by atoms with Gasteiger partial charge < -0.3 is 0 Å². The van der Waals surface area contributed by atoms with Crippen LogP contribution in [0.25, 0.3) is 0 Å². The van der Waals surface area contributed by atoms with Crippen LogP contribution in [0, 0.1) is 0 Å². The third-order valence-corrected chi connectivity index (χ3v) is 2.47. The molecular weight excluding hydrogens is 149 g/mol. The minimum absolute atomic E-state index is 0.493. The number of rotatable bonds is 3. The zero-order chi connectivity index (χ0) is 5.70. The van der Waals surface area contributed by atoms with Crippen molar-refractivity contribution in [2.24, 2.45) is 0 Å². The maximum atomic E-state index is 3.44. The first-order valence-corrected chi connectivity index (χ1v) is 7.37. The summed E-state index contributed by atoms with van der Waals surface area (Å²) in [6.45, 7) is 3.41. The van der Waals surface area contributed by atoms with Crippen LogP contribution in [0.5, 0.6) is 0 Å². The minimum atomic E-state index is -0.493. The van der Waals surface area contributed by atoms with Crippen LogP contribution in [0.4, 0.5) is 0 Å². The molecule has 0 spiro atoms. The van der Waals surface area contributed by atoms with E-state index >= 15 is 0 Å². The Morgan fingerprint density at radius 2 is 2.00 bits per heavy atom. The fourth-order valence-electron chi connectivity index (χ4n) is 0.335. The van der Waals surface area contributed by atoms with Crippen molar-refractivity contribution in [2.75, 3.05) is 6.54 Å². The molecule has 0 aromatic carbocycles. The molecule has 1 nitrogen and oxygen atoms in total. The Labute approximate surface area is 51.0 Å². The molecule has 0 fully saturated rings. The van der Waals surface area contributed by atoms with Gasteiger partial charge in [0.25, 0.3) is 0 Å². The van der Waals surface area contributed by atoms with E-state index < -0.39 is 14.9 Å². The van der Waals surface area contributed by atoms with E-state index in [1.165, 1.54) is 13.0 Å². The third-order valence-electron chi connectivity index (χ3n) is 0.678. The van der Waals surface area contributed by atoms with Crippen molar-refractivity contribution in [2.45, 2.75) is 24.8 Å². The van der Waals surface area contributed by atoms with Gasteiger partial charge in [-0.15, -0.1) is 0 Å². The summed E-state index contributed by atoms with van der Waals surface area (Å²) in [4.78, 5) is 0. The Hall–Kier alpha value is 0.518. The second kappa shape index (κ2) is 4.67. The molecule has 0 aromatic heterocycles. The number of hydrogen-bond acceptors (Lipinski definition) is 1. The Morgan fingerprint density at radius 1 is 1.43 bits per heavy atom. The molecule has 0 heterocycles. The molecule has 0 amide bonds. The van der Waals surface area contributed by atoms with Gasteiger partial charge in [-0.2, -0.15) is 0 Å². The zero-order valence-corrected chi connectivity index (χ0v) is 7.24. The van der Waals surface area contributed by atoms with E-state index in [9.17, 15) is 0 Å². The maximum absolute atomic E-state index is 3.44. The molecule has 44 valence electrons. The van der Waals surface area contributed by atoms with Crippen LogP contribution in [-0.2, 0) is 0 Å². The van der Waals surface area contributed by atoms with Gasteiger partial charge in [0.15, 0.2) is 0 Å². The summed E-state index contributed by atoms with van der Waals surface area (Å²) in [6.07, 6.45) is 1.27. The van der Waals surface area contributed by atoms with Gasteiger partial charge in [0, 0.05) is 0 Å². The molecule has 0 aliphatic carbocycles. The van der Waals surface area contributed by atoms with Crippen LogP contribution in [0.3, 0.4) is 0 Å². The van der Waals surface area contributed by atoms with Crippen molar-refractivity contribution in [1.82, 2.24) is 4.23 Å².